The maximum Gasteiger partial charge on any atom is 0.410 e. The molecule has 0 unspecified atom stereocenters. The standard InChI is InChI=1S/C27H32N2O5/c1-27(2,3)34-26(31)29-10-8-19(9-11-29)17-33-18-21-13-23(15-24(14-21)25(30)32-4)22-7-5-6-20(12-22)16-28/h5-7,12-15,19H,8-11,17-18H2,1-4H3. The van der Waals surface area contributed by atoms with Crippen LogP contribution < -0.4 is 0 Å². The first-order valence-electron chi connectivity index (χ1n) is 11.5. The molecule has 7 nitrogen and oxygen atoms in total. The highest BCUT2D eigenvalue weighted by atomic mass is 16.6. The Morgan fingerprint density at radius 3 is 2.47 bits per heavy atom. The Kier molecular flexibility index (Phi) is 8.30. The molecule has 2 aromatic rings. The summed E-state index contributed by atoms with van der Waals surface area (Å²) < 4.78 is 16.4. The summed E-state index contributed by atoms with van der Waals surface area (Å²) in [5.74, 6) is -0.0664. The zero-order valence-corrected chi connectivity index (χ0v) is 20.3. The van der Waals surface area contributed by atoms with Crippen molar-refractivity contribution in [1.82, 2.24) is 4.90 Å². The SMILES string of the molecule is COC(=O)c1cc(COCC2CCN(C(=O)OC(C)(C)C)CC2)cc(-c2cccc(C#N)c2)c1. The van der Waals surface area contributed by atoms with Gasteiger partial charge in [-0.2, -0.15) is 5.26 Å². The maximum absolute atomic E-state index is 12.2. The van der Waals surface area contributed by atoms with Crippen LogP contribution in [0.5, 0.6) is 0 Å². The summed E-state index contributed by atoms with van der Waals surface area (Å²) in [7, 11) is 1.35. The van der Waals surface area contributed by atoms with Crippen LogP contribution in [0.3, 0.4) is 0 Å². The van der Waals surface area contributed by atoms with E-state index in [0.717, 1.165) is 29.5 Å². The van der Waals surface area contributed by atoms with E-state index in [0.29, 0.717) is 43.3 Å². The van der Waals surface area contributed by atoms with Gasteiger partial charge >= 0.3 is 12.1 Å². The van der Waals surface area contributed by atoms with Crippen molar-refractivity contribution in [2.24, 2.45) is 5.92 Å². The highest BCUT2D eigenvalue weighted by molar-refractivity contribution is 5.91. The molecular formula is C27H32N2O5. The van der Waals surface area contributed by atoms with Gasteiger partial charge in [0.2, 0.25) is 0 Å². The molecule has 0 N–H and O–H groups in total. The van der Waals surface area contributed by atoms with Crippen molar-refractivity contribution < 1.29 is 23.8 Å². The second-order valence-electron chi connectivity index (χ2n) is 9.53. The highest BCUT2D eigenvalue weighted by Gasteiger charge is 2.27. The first-order valence-corrected chi connectivity index (χ1v) is 11.5. The molecule has 0 spiro atoms. The topological polar surface area (TPSA) is 88.9 Å². The van der Waals surface area contributed by atoms with Crippen LogP contribution in [-0.4, -0.2) is 49.4 Å². The largest absolute Gasteiger partial charge is 0.465 e. The summed E-state index contributed by atoms with van der Waals surface area (Å²) >= 11 is 0. The van der Waals surface area contributed by atoms with Crippen molar-refractivity contribution in [3.8, 4) is 17.2 Å². The summed E-state index contributed by atoms with van der Waals surface area (Å²) in [5.41, 5.74) is 3.02. The smallest absolute Gasteiger partial charge is 0.410 e. The zero-order valence-electron chi connectivity index (χ0n) is 20.3. The summed E-state index contributed by atoms with van der Waals surface area (Å²) in [6, 6.07) is 14.9. The summed E-state index contributed by atoms with van der Waals surface area (Å²) in [4.78, 5) is 26.2. The van der Waals surface area contributed by atoms with Crippen molar-refractivity contribution in [2.75, 3.05) is 26.8 Å². The van der Waals surface area contributed by atoms with E-state index in [-0.39, 0.29) is 6.09 Å². The number of hydrogen-bond donors (Lipinski definition) is 0. The van der Waals surface area contributed by atoms with Crippen molar-refractivity contribution in [3.05, 3.63) is 59.2 Å². The molecule has 0 saturated carbocycles. The lowest BCUT2D eigenvalue weighted by Gasteiger charge is -2.33. The summed E-state index contributed by atoms with van der Waals surface area (Å²) in [6.45, 7) is 7.83. The Morgan fingerprint density at radius 2 is 1.82 bits per heavy atom. The lowest BCUT2D eigenvalue weighted by Crippen LogP contribution is -2.42. The second kappa shape index (κ2) is 11.2. The number of rotatable bonds is 6. The predicted octanol–water partition coefficient (Wildman–Crippen LogP) is 5.18. The molecular weight excluding hydrogens is 432 g/mol. The van der Waals surface area contributed by atoms with E-state index >= 15 is 0 Å². The molecule has 180 valence electrons. The Bertz CT molecular complexity index is 1060. The fourth-order valence-electron chi connectivity index (χ4n) is 3.90. The minimum absolute atomic E-state index is 0.264. The second-order valence-corrected chi connectivity index (χ2v) is 9.53. The molecule has 7 heteroatoms. The molecule has 1 fully saturated rings. The van der Waals surface area contributed by atoms with E-state index in [1.165, 1.54) is 7.11 Å². The Hall–Kier alpha value is -3.37. The van der Waals surface area contributed by atoms with Crippen molar-refractivity contribution >= 4 is 12.1 Å². The van der Waals surface area contributed by atoms with Gasteiger partial charge in [0.05, 0.1) is 30.9 Å². The minimum atomic E-state index is -0.495. The molecule has 1 aliphatic rings. The number of amides is 1. The van der Waals surface area contributed by atoms with E-state index in [2.05, 4.69) is 6.07 Å². The fraction of sp³-hybridized carbons (Fsp3) is 0.444. The molecule has 0 atom stereocenters. The van der Waals surface area contributed by atoms with Crippen LogP contribution in [0.1, 0.15) is 55.1 Å². The van der Waals surface area contributed by atoms with Crippen LogP contribution in [-0.2, 0) is 20.8 Å². The van der Waals surface area contributed by atoms with Gasteiger partial charge in [-0.25, -0.2) is 9.59 Å². The number of piperidine rings is 1. The van der Waals surface area contributed by atoms with Gasteiger partial charge in [0.15, 0.2) is 0 Å². The average molecular weight is 465 g/mol. The number of carbonyl (C=O) groups excluding carboxylic acids is 2. The fourth-order valence-corrected chi connectivity index (χ4v) is 3.90. The van der Waals surface area contributed by atoms with Gasteiger partial charge in [0, 0.05) is 19.7 Å². The van der Waals surface area contributed by atoms with Gasteiger partial charge in [-0.1, -0.05) is 12.1 Å². The van der Waals surface area contributed by atoms with Gasteiger partial charge in [0.1, 0.15) is 5.60 Å². The molecule has 0 bridgehead atoms. The molecule has 0 aliphatic carbocycles. The predicted molar refractivity (Wildman–Crippen MR) is 128 cm³/mol. The van der Waals surface area contributed by atoms with Gasteiger partial charge in [-0.15, -0.1) is 0 Å². The number of benzene rings is 2. The third-order valence-corrected chi connectivity index (χ3v) is 5.63. The van der Waals surface area contributed by atoms with E-state index in [9.17, 15) is 14.9 Å². The minimum Gasteiger partial charge on any atom is -0.465 e. The first-order chi connectivity index (χ1) is 16.2. The molecule has 1 heterocycles. The number of nitriles is 1. The normalized spacial score (nSPS) is 14.4. The Labute approximate surface area is 201 Å². The van der Waals surface area contributed by atoms with Crippen LogP contribution in [0.2, 0.25) is 0 Å². The van der Waals surface area contributed by atoms with Crippen molar-refractivity contribution in [2.45, 2.75) is 45.8 Å². The summed E-state index contributed by atoms with van der Waals surface area (Å²) in [6.07, 6.45) is 1.45. The average Bonchev–Trinajstić information content (AvgIpc) is 2.82. The number of likely N-dealkylation sites (tertiary alicyclic amines) is 1. The molecule has 1 amide bonds. The van der Waals surface area contributed by atoms with Crippen LogP contribution >= 0.6 is 0 Å². The summed E-state index contributed by atoms with van der Waals surface area (Å²) in [5, 5.41) is 9.21. The number of hydrogen-bond acceptors (Lipinski definition) is 6. The van der Waals surface area contributed by atoms with Crippen LogP contribution in [0.25, 0.3) is 11.1 Å². The molecule has 1 aliphatic heterocycles. The van der Waals surface area contributed by atoms with E-state index < -0.39 is 11.6 Å². The lowest BCUT2D eigenvalue weighted by atomic mass is 9.97. The number of ether oxygens (including phenoxy) is 3. The van der Waals surface area contributed by atoms with Gasteiger partial charge in [-0.3, -0.25) is 0 Å². The number of nitrogens with zero attached hydrogens (tertiary/aromatic N) is 2. The monoisotopic (exact) mass is 464 g/mol. The molecule has 0 aromatic heterocycles. The zero-order chi connectivity index (χ0) is 24.7. The van der Waals surface area contributed by atoms with E-state index in [1.807, 2.05) is 39.0 Å². The van der Waals surface area contributed by atoms with E-state index in [4.69, 9.17) is 14.2 Å². The van der Waals surface area contributed by atoms with Crippen molar-refractivity contribution in [3.63, 3.8) is 0 Å². The number of methoxy groups -OCH3 is 1. The number of esters is 1. The molecule has 34 heavy (non-hydrogen) atoms. The quantitative estimate of drug-likeness (QED) is 0.548. The Morgan fingerprint density at radius 1 is 1.09 bits per heavy atom. The third-order valence-electron chi connectivity index (χ3n) is 5.63. The van der Waals surface area contributed by atoms with Gasteiger partial charge < -0.3 is 19.1 Å². The lowest BCUT2D eigenvalue weighted by molar-refractivity contribution is 0.0105. The maximum atomic E-state index is 12.2. The van der Waals surface area contributed by atoms with Crippen LogP contribution in [0.4, 0.5) is 4.79 Å². The number of carbonyl (C=O) groups is 2. The molecule has 3 rings (SSSR count). The van der Waals surface area contributed by atoms with E-state index in [1.54, 1.807) is 29.2 Å². The third kappa shape index (κ3) is 7.06. The Balaban J connectivity index is 1.61. The van der Waals surface area contributed by atoms with Crippen LogP contribution in [0, 0.1) is 17.2 Å². The van der Waals surface area contributed by atoms with Crippen LogP contribution in [0.15, 0.2) is 42.5 Å². The van der Waals surface area contributed by atoms with Gasteiger partial charge in [-0.05, 0) is 86.6 Å². The van der Waals surface area contributed by atoms with Crippen molar-refractivity contribution in [1.29, 1.82) is 5.26 Å². The molecule has 1 saturated heterocycles. The highest BCUT2D eigenvalue weighted by Crippen LogP contribution is 2.25. The molecule has 2 aromatic carbocycles. The molecule has 0 radical (unpaired) electrons. The first kappa shape index (κ1) is 25.3. The van der Waals surface area contributed by atoms with Gasteiger partial charge in [0.25, 0.3) is 0 Å².